The molecule has 0 aliphatic heterocycles. The van der Waals surface area contributed by atoms with Gasteiger partial charge >= 0.3 is 5.97 Å². The van der Waals surface area contributed by atoms with E-state index < -0.39 is 11.8 Å². The second-order valence-electron chi connectivity index (χ2n) is 4.59. The highest BCUT2D eigenvalue weighted by Crippen LogP contribution is 2.45. The fraction of sp³-hybridized carbons (Fsp3) is 0.700. The highest BCUT2D eigenvalue weighted by atomic mass is 19.1. The zero-order valence-corrected chi connectivity index (χ0v) is 8.22. The minimum absolute atomic E-state index is 0.0432. The average molecular weight is 186 g/mol. The lowest BCUT2D eigenvalue weighted by atomic mass is 9.91. The van der Waals surface area contributed by atoms with Gasteiger partial charge in [0, 0.05) is 0 Å². The zero-order valence-electron chi connectivity index (χ0n) is 8.22. The Kier molecular flexibility index (Phi) is 2.46. The molecule has 2 nitrogen and oxygen atoms in total. The fourth-order valence-electron chi connectivity index (χ4n) is 2.15. The molecule has 1 aliphatic carbocycles. The minimum atomic E-state index is -1.43. The maximum absolute atomic E-state index is 13.1. The van der Waals surface area contributed by atoms with Crippen LogP contribution in [0.2, 0.25) is 0 Å². The van der Waals surface area contributed by atoms with Crippen LogP contribution < -0.4 is 0 Å². The first kappa shape index (κ1) is 10.2. The summed E-state index contributed by atoms with van der Waals surface area (Å²) in [4.78, 5) is 10.4. The molecule has 1 aliphatic rings. The van der Waals surface area contributed by atoms with E-state index in [0.717, 1.165) is 6.42 Å². The maximum Gasteiger partial charge on any atom is 0.364 e. The number of rotatable bonds is 1. The summed E-state index contributed by atoms with van der Waals surface area (Å²) < 4.78 is 13.1. The van der Waals surface area contributed by atoms with Gasteiger partial charge in [-0.05, 0) is 29.7 Å². The lowest BCUT2D eigenvalue weighted by Crippen LogP contribution is -2.04. The predicted molar refractivity (Wildman–Crippen MR) is 47.9 cm³/mol. The van der Waals surface area contributed by atoms with E-state index in [9.17, 15) is 9.18 Å². The third kappa shape index (κ3) is 2.08. The molecule has 0 saturated heterocycles. The van der Waals surface area contributed by atoms with Crippen LogP contribution in [0.5, 0.6) is 0 Å². The lowest BCUT2D eigenvalue weighted by molar-refractivity contribution is -0.134. The van der Waals surface area contributed by atoms with Gasteiger partial charge in [-0.3, -0.25) is 0 Å². The van der Waals surface area contributed by atoms with E-state index >= 15 is 0 Å². The second kappa shape index (κ2) is 3.13. The van der Waals surface area contributed by atoms with Gasteiger partial charge in [0.1, 0.15) is 0 Å². The van der Waals surface area contributed by atoms with Gasteiger partial charge in [-0.15, -0.1) is 0 Å². The van der Waals surface area contributed by atoms with E-state index in [0.29, 0.717) is 12.0 Å². The van der Waals surface area contributed by atoms with Crippen LogP contribution in [-0.4, -0.2) is 11.1 Å². The van der Waals surface area contributed by atoms with Gasteiger partial charge in [0.05, 0.1) is 0 Å². The first-order chi connectivity index (χ1) is 5.83. The number of hydrogen-bond acceptors (Lipinski definition) is 1. The smallest absolute Gasteiger partial charge is 0.364 e. The van der Waals surface area contributed by atoms with Crippen molar-refractivity contribution in [2.24, 2.45) is 11.3 Å². The summed E-state index contributed by atoms with van der Waals surface area (Å²) in [6.45, 7) is 5.95. The van der Waals surface area contributed by atoms with Crippen LogP contribution in [0.4, 0.5) is 4.39 Å². The molecule has 0 amide bonds. The van der Waals surface area contributed by atoms with Crippen LogP contribution in [0.3, 0.4) is 0 Å². The Morgan fingerprint density at radius 3 is 2.46 bits per heavy atom. The molecule has 0 heterocycles. The summed E-state index contributed by atoms with van der Waals surface area (Å²) >= 11 is 0. The van der Waals surface area contributed by atoms with E-state index in [1.165, 1.54) is 0 Å². The van der Waals surface area contributed by atoms with Crippen molar-refractivity contribution in [1.82, 2.24) is 0 Å². The minimum Gasteiger partial charge on any atom is -0.476 e. The molecular weight excluding hydrogens is 171 g/mol. The molecule has 1 rings (SSSR count). The molecule has 0 spiro atoms. The first-order valence-electron chi connectivity index (χ1n) is 4.45. The molecule has 1 N–H and O–H groups in total. The van der Waals surface area contributed by atoms with Gasteiger partial charge in [-0.25, -0.2) is 4.79 Å². The topological polar surface area (TPSA) is 37.3 Å². The Bertz CT molecular complexity index is 266. The predicted octanol–water partition coefficient (Wildman–Crippen LogP) is 2.75. The van der Waals surface area contributed by atoms with E-state index in [2.05, 4.69) is 0 Å². The van der Waals surface area contributed by atoms with E-state index in [1.54, 1.807) is 0 Å². The van der Waals surface area contributed by atoms with Crippen molar-refractivity contribution in [2.45, 2.75) is 33.6 Å². The Morgan fingerprint density at radius 1 is 1.62 bits per heavy atom. The third-order valence-electron chi connectivity index (χ3n) is 2.59. The fourth-order valence-corrected chi connectivity index (χ4v) is 2.15. The highest BCUT2D eigenvalue weighted by molar-refractivity contribution is 5.85. The number of carbonyl (C=O) groups is 1. The summed E-state index contributed by atoms with van der Waals surface area (Å²) in [6, 6.07) is 0. The SMILES string of the molecule is CC1CC(C)(C)C/C1=C(\F)C(=O)O. The van der Waals surface area contributed by atoms with E-state index in [4.69, 9.17) is 5.11 Å². The molecule has 0 radical (unpaired) electrons. The molecular formula is C10H15FO2. The quantitative estimate of drug-likeness (QED) is 0.639. The molecule has 1 atom stereocenters. The van der Waals surface area contributed by atoms with Crippen molar-refractivity contribution in [2.75, 3.05) is 0 Å². The van der Waals surface area contributed by atoms with Crippen molar-refractivity contribution < 1.29 is 14.3 Å². The third-order valence-corrected chi connectivity index (χ3v) is 2.59. The second-order valence-corrected chi connectivity index (χ2v) is 4.59. The first-order valence-corrected chi connectivity index (χ1v) is 4.45. The lowest BCUT2D eigenvalue weighted by Gasteiger charge is -2.14. The van der Waals surface area contributed by atoms with Gasteiger partial charge in [0.25, 0.3) is 0 Å². The van der Waals surface area contributed by atoms with Gasteiger partial charge in [0.15, 0.2) is 0 Å². The highest BCUT2D eigenvalue weighted by Gasteiger charge is 2.35. The van der Waals surface area contributed by atoms with Crippen LogP contribution in [-0.2, 0) is 4.79 Å². The van der Waals surface area contributed by atoms with Crippen LogP contribution in [0, 0.1) is 11.3 Å². The van der Waals surface area contributed by atoms with Crippen molar-refractivity contribution >= 4 is 5.97 Å². The molecule has 0 aromatic carbocycles. The monoisotopic (exact) mass is 186 g/mol. The number of hydrogen-bond donors (Lipinski definition) is 1. The van der Waals surface area contributed by atoms with Crippen LogP contribution >= 0.6 is 0 Å². The number of allylic oxidation sites excluding steroid dienone is 1. The molecule has 3 heteroatoms. The molecule has 0 bridgehead atoms. The number of halogens is 1. The van der Waals surface area contributed by atoms with Crippen molar-refractivity contribution in [3.8, 4) is 0 Å². The Hall–Kier alpha value is -0.860. The Morgan fingerprint density at radius 2 is 2.15 bits per heavy atom. The van der Waals surface area contributed by atoms with Crippen molar-refractivity contribution in [3.63, 3.8) is 0 Å². The van der Waals surface area contributed by atoms with Crippen molar-refractivity contribution in [3.05, 3.63) is 11.4 Å². The number of carboxylic acids is 1. The van der Waals surface area contributed by atoms with E-state index in [-0.39, 0.29) is 11.3 Å². The van der Waals surface area contributed by atoms with Crippen molar-refractivity contribution in [1.29, 1.82) is 0 Å². The molecule has 74 valence electrons. The standard InChI is InChI=1S/C10H15FO2/c1-6-4-10(2,3)5-7(6)8(11)9(12)13/h6H,4-5H2,1-3H3,(H,12,13)/b8-7+. The van der Waals surface area contributed by atoms with Crippen LogP contribution in [0.15, 0.2) is 11.4 Å². The number of aliphatic carboxylic acids is 1. The average Bonchev–Trinajstić information content (AvgIpc) is 2.22. The molecule has 1 saturated carbocycles. The van der Waals surface area contributed by atoms with Gasteiger partial charge in [-0.2, -0.15) is 4.39 Å². The maximum atomic E-state index is 13.1. The normalized spacial score (nSPS) is 30.3. The summed E-state index contributed by atoms with van der Waals surface area (Å²) in [5.41, 5.74) is 0.513. The summed E-state index contributed by atoms with van der Waals surface area (Å²) in [6.07, 6.45) is 1.43. The van der Waals surface area contributed by atoms with Crippen LogP contribution in [0.25, 0.3) is 0 Å². The Labute approximate surface area is 77.4 Å². The summed E-state index contributed by atoms with van der Waals surface area (Å²) in [7, 11) is 0. The molecule has 1 unspecified atom stereocenters. The summed E-state index contributed by atoms with van der Waals surface area (Å²) in [5, 5.41) is 8.50. The summed E-state index contributed by atoms with van der Waals surface area (Å²) in [5.74, 6) is -2.32. The van der Waals surface area contributed by atoms with Gasteiger partial charge in [-0.1, -0.05) is 20.8 Å². The van der Waals surface area contributed by atoms with Gasteiger partial charge < -0.3 is 5.11 Å². The molecule has 0 aromatic heterocycles. The molecule has 13 heavy (non-hydrogen) atoms. The molecule has 1 fully saturated rings. The zero-order chi connectivity index (χ0) is 10.2. The van der Waals surface area contributed by atoms with Crippen LogP contribution in [0.1, 0.15) is 33.6 Å². The Balaban J connectivity index is 2.96. The van der Waals surface area contributed by atoms with E-state index in [1.807, 2.05) is 20.8 Å². The largest absolute Gasteiger partial charge is 0.476 e. The van der Waals surface area contributed by atoms with Gasteiger partial charge in [0.2, 0.25) is 5.83 Å². The number of carboxylic acid groups (broad SMARTS) is 1. The molecule has 0 aromatic rings.